The fourth-order valence-electron chi connectivity index (χ4n) is 1.95. The summed E-state index contributed by atoms with van der Waals surface area (Å²) in [5.74, 6) is -4.87. The molecule has 2 rings (SSSR count). The van der Waals surface area contributed by atoms with Gasteiger partial charge in [-0.2, -0.15) is 8.78 Å². The van der Waals surface area contributed by atoms with Crippen LogP contribution in [0.15, 0.2) is 29.2 Å². The number of rotatable bonds is 6. The second-order valence-corrected chi connectivity index (χ2v) is 8.22. The molecule has 0 bridgehead atoms. The lowest BCUT2D eigenvalue weighted by Crippen LogP contribution is -2.21. The van der Waals surface area contributed by atoms with E-state index in [9.17, 15) is 26.8 Å². The van der Waals surface area contributed by atoms with Crippen LogP contribution in [0.25, 0.3) is 0 Å². The maximum atomic E-state index is 12.4. The van der Waals surface area contributed by atoms with Crippen molar-refractivity contribution in [2.24, 2.45) is 0 Å². The van der Waals surface area contributed by atoms with E-state index < -0.39 is 39.0 Å². The number of aryl methyl sites for hydroxylation is 2. The molecule has 0 aliphatic heterocycles. The molecule has 11 heteroatoms. The van der Waals surface area contributed by atoms with Gasteiger partial charge in [0.25, 0.3) is 5.91 Å². The first kappa shape index (κ1) is 19.9. The van der Waals surface area contributed by atoms with Gasteiger partial charge in [0.05, 0.1) is 15.6 Å². The van der Waals surface area contributed by atoms with Crippen LogP contribution in [0.4, 0.5) is 14.5 Å². The summed E-state index contributed by atoms with van der Waals surface area (Å²) in [4.78, 5) is 27.5. The molecule has 0 saturated carbocycles. The Bertz CT molecular complexity index is 924. The molecule has 0 aliphatic carbocycles. The lowest BCUT2D eigenvalue weighted by atomic mass is 10.3. The summed E-state index contributed by atoms with van der Waals surface area (Å²) >= 11 is 1.15. The standard InChI is InChI=1S/C15H14F2N2O5S2/c1-8-13(25-9(2)18-8)14(21)24-7-12(20)19-10-3-5-11(6-4-10)26(22,23)15(16)17/h3-6,15H,7H2,1-2H3,(H,19,20). The summed E-state index contributed by atoms with van der Waals surface area (Å²) in [6.45, 7) is 2.82. The number of ether oxygens (including phenoxy) is 1. The number of carbonyl (C=O) groups excluding carboxylic acids is 2. The summed E-state index contributed by atoms with van der Waals surface area (Å²) in [6.07, 6.45) is 0. The van der Waals surface area contributed by atoms with E-state index in [2.05, 4.69) is 10.3 Å². The van der Waals surface area contributed by atoms with Crippen molar-refractivity contribution in [2.45, 2.75) is 24.5 Å². The van der Waals surface area contributed by atoms with Crippen molar-refractivity contribution >= 4 is 38.7 Å². The molecule has 2 aromatic rings. The average molecular weight is 404 g/mol. The van der Waals surface area contributed by atoms with Crippen molar-refractivity contribution in [3.05, 3.63) is 39.8 Å². The molecule has 26 heavy (non-hydrogen) atoms. The Morgan fingerprint density at radius 1 is 1.23 bits per heavy atom. The highest BCUT2D eigenvalue weighted by Crippen LogP contribution is 2.20. The fraction of sp³-hybridized carbons (Fsp3) is 0.267. The molecule has 1 heterocycles. The SMILES string of the molecule is Cc1nc(C)c(C(=O)OCC(=O)Nc2ccc(S(=O)(=O)C(F)F)cc2)s1. The van der Waals surface area contributed by atoms with E-state index in [1.807, 2.05) is 0 Å². The normalized spacial score (nSPS) is 11.4. The Morgan fingerprint density at radius 2 is 1.85 bits per heavy atom. The Labute approximate surface area is 151 Å². The van der Waals surface area contributed by atoms with E-state index in [0.717, 1.165) is 35.6 Å². The number of nitrogens with one attached hydrogen (secondary N) is 1. The average Bonchev–Trinajstić information content (AvgIpc) is 2.91. The fourth-order valence-corrected chi connectivity index (χ4v) is 3.48. The second-order valence-electron chi connectivity index (χ2n) is 5.10. The number of anilines is 1. The summed E-state index contributed by atoms with van der Waals surface area (Å²) in [6, 6.07) is 4.22. The molecular weight excluding hydrogens is 390 g/mol. The number of aromatic nitrogens is 1. The zero-order chi connectivity index (χ0) is 19.5. The first-order chi connectivity index (χ1) is 12.1. The molecule has 0 aliphatic rings. The van der Waals surface area contributed by atoms with Crippen LogP contribution in [0, 0.1) is 13.8 Å². The Balaban J connectivity index is 1.94. The largest absolute Gasteiger partial charge is 0.451 e. The van der Waals surface area contributed by atoms with E-state index in [0.29, 0.717) is 15.6 Å². The third-order valence-electron chi connectivity index (χ3n) is 3.12. The lowest BCUT2D eigenvalue weighted by Gasteiger charge is -2.07. The predicted molar refractivity (Wildman–Crippen MR) is 90.1 cm³/mol. The molecule has 7 nitrogen and oxygen atoms in total. The molecule has 0 unspecified atom stereocenters. The second kappa shape index (κ2) is 7.87. The highest BCUT2D eigenvalue weighted by Gasteiger charge is 2.26. The van der Waals surface area contributed by atoms with Gasteiger partial charge in [-0.3, -0.25) is 4.79 Å². The summed E-state index contributed by atoms with van der Waals surface area (Å²) in [7, 11) is -4.70. The Hall–Kier alpha value is -2.40. The number of halogens is 2. The molecule has 140 valence electrons. The van der Waals surface area contributed by atoms with Gasteiger partial charge in [-0.15, -0.1) is 11.3 Å². The van der Waals surface area contributed by atoms with E-state index in [1.165, 1.54) is 0 Å². The summed E-state index contributed by atoms with van der Waals surface area (Å²) < 4.78 is 52.4. The number of amides is 1. The van der Waals surface area contributed by atoms with Gasteiger partial charge in [0.15, 0.2) is 6.61 Å². The maximum Gasteiger partial charge on any atom is 0.350 e. The molecule has 0 fully saturated rings. The molecule has 0 spiro atoms. The van der Waals surface area contributed by atoms with E-state index in [1.54, 1.807) is 13.8 Å². The third-order valence-corrected chi connectivity index (χ3v) is 5.58. The number of thiazole rings is 1. The minimum absolute atomic E-state index is 0.170. The van der Waals surface area contributed by atoms with E-state index in [-0.39, 0.29) is 5.69 Å². The molecule has 1 N–H and O–H groups in total. The van der Waals surface area contributed by atoms with Crippen LogP contribution in [0.1, 0.15) is 20.4 Å². The monoisotopic (exact) mass is 404 g/mol. The van der Waals surface area contributed by atoms with Gasteiger partial charge in [0.1, 0.15) is 4.88 Å². The van der Waals surface area contributed by atoms with Crippen molar-refractivity contribution in [1.82, 2.24) is 4.98 Å². The van der Waals surface area contributed by atoms with Crippen LogP contribution in [-0.4, -0.2) is 37.6 Å². The van der Waals surface area contributed by atoms with Gasteiger partial charge in [0, 0.05) is 5.69 Å². The molecule has 0 saturated heterocycles. The molecule has 0 atom stereocenters. The van der Waals surface area contributed by atoms with E-state index in [4.69, 9.17) is 4.74 Å². The number of nitrogens with zero attached hydrogens (tertiary/aromatic N) is 1. The van der Waals surface area contributed by atoms with Crippen molar-refractivity contribution in [3.8, 4) is 0 Å². The lowest BCUT2D eigenvalue weighted by molar-refractivity contribution is -0.119. The predicted octanol–water partition coefficient (Wildman–Crippen LogP) is 2.55. The highest BCUT2D eigenvalue weighted by atomic mass is 32.2. The highest BCUT2D eigenvalue weighted by molar-refractivity contribution is 7.91. The van der Waals surface area contributed by atoms with Crippen molar-refractivity contribution < 1.29 is 31.5 Å². The van der Waals surface area contributed by atoms with Crippen LogP contribution >= 0.6 is 11.3 Å². The Morgan fingerprint density at radius 3 is 2.35 bits per heavy atom. The van der Waals surface area contributed by atoms with Crippen LogP contribution in [0.2, 0.25) is 0 Å². The van der Waals surface area contributed by atoms with Crippen LogP contribution in [0.5, 0.6) is 0 Å². The molecule has 1 amide bonds. The van der Waals surface area contributed by atoms with Gasteiger partial charge in [-0.25, -0.2) is 18.2 Å². The van der Waals surface area contributed by atoms with Gasteiger partial charge >= 0.3 is 11.7 Å². The zero-order valence-electron chi connectivity index (χ0n) is 13.7. The van der Waals surface area contributed by atoms with E-state index >= 15 is 0 Å². The van der Waals surface area contributed by atoms with Crippen molar-refractivity contribution in [3.63, 3.8) is 0 Å². The van der Waals surface area contributed by atoms with Crippen LogP contribution in [0.3, 0.4) is 0 Å². The number of sulfone groups is 1. The molecule has 1 aromatic heterocycles. The first-order valence-corrected chi connectivity index (χ1v) is 9.50. The smallest absolute Gasteiger partial charge is 0.350 e. The summed E-state index contributed by atoms with van der Waals surface area (Å²) in [5.41, 5.74) is 0.679. The topological polar surface area (TPSA) is 102 Å². The number of alkyl halides is 2. The minimum Gasteiger partial charge on any atom is -0.451 e. The molecule has 0 radical (unpaired) electrons. The van der Waals surface area contributed by atoms with Crippen LogP contribution < -0.4 is 5.32 Å². The van der Waals surface area contributed by atoms with Gasteiger partial charge in [0.2, 0.25) is 9.84 Å². The van der Waals surface area contributed by atoms with Crippen molar-refractivity contribution in [1.29, 1.82) is 0 Å². The van der Waals surface area contributed by atoms with Gasteiger partial charge in [-0.05, 0) is 38.1 Å². The maximum absolute atomic E-state index is 12.4. The van der Waals surface area contributed by atoms with Gasteiger partial charge in [-0.1, -0.05) is 0 Å². The number of benzene rings is 1. The first-order valence-electron chi connectivity index (χ1n) is 7.14. The molecular formula is C15H14F2N2O5S2. The third kappa shape index (κ3) is 4.61. The molecule has 1 aromatic carbocycles. The zero-order valence-corrected chi connectivity index (χ0v) is 15.3. The number of carbonyl (C=O) groups is 2. The quantitative estimate of drug-likeness (QED) is 0.743. The van der Waals surface area contributed by atoms with Crippen LogP contribution in [-0.2, 0) is 19.4 Å². The summed E-state index contributed by atoms with van der Waals surface area (Å²) in [5, 5.41) is 3.06. The minimum atomic E-state index is -4.70. The van der Waals surface area contributed by atoms with Crippen molar-refractivity contribution in [2.75, 3.05) is 11.9 Å². The number of hydrogen-bond donors (Lipinski definition) is 1. The number of esters is 1. The van der Waals surface area contributed by atoms with Gasteiger partial charge < -0.3 is 10.1 Å². The number of hydrogen-bond acceptors (Lipinski definition) is 7. The Kier molecular flexibility index (Phi) is 6.03.